The molecule has 0 radical (unpaired) electrons. The Bertz CT molecular complexity index is 211. The van der Waals surface area contributed by atoms with E-state index in [2.05, 4.69) is 0 Å². The van der Waals surface area contributed by atoms with E-state index in [1.807, 2.05) is 13.8 Å². The summed E-state index contributed by atoms with van der Waals surface area (Å²) in [6.07, 6.45) is 1.65. The van der Waals surface area contributed by atoms with Gasteiger partial charge in [0, 0.05) is 13.1 Å². The van der Waals surface area contributed by atoms with E-state index in [0.29, 0.717) is 0 Å². The minimum absolute atomic E-state index is 0.0775. The quantitative estimate of drug-likeness (QED) is 0.652. The highest BCUT2D eigenvalue weighted by molar-refractivity contribution is 7.90. The monoisotopic (exact) mass is 213 g/mol. The molecule has 0 fully saturated rings. The van der Waals surface area contributed by atoms with Crippen molar-refractivity contribution in [1.82, 2.24) is 4.31 Å². The molecule has 5 heteroatoms. The molecule has 0 unspecified atom stereocenters. The van der Waals surface area contributed by atoms with Crippen molar-refractivity contribution >= 4 is 21.6 Å². The van der Waals surface area contributed by atoms with Gasteiger partial charge in [0.2, 0.25) is 10.0 Å². The molecule has 0 aliphatic heterocycles. The Morgan fingerprint density at radius 3 is 2.00 bits per heavy atom. The predicted molar refractivity (Wildman–Crippen MR) is 51.8 cm³/mol. The van der Waals surface area contributed by atoms with Crippen LogP contribution in [0.4, 0.5) is 0 Å². The molecule has 74 valence electrons. The van der Waals surface area contributed by atoms with E-state index in [0.717, 1.165) is 12.8 Å². The molecular weight excluding hydrogens is 198 g/mol. The molecule has 0 saturated carbocycles. The predicted octanol–water partition coefficient (Wildman–Crippen LogP) is 1.63. The van der Waals surface area contributed by atoms with Crippen molar-refractivity contribution in [3.8, 4) is 0 Å². The molecule has 0 rings (SSSR count). The highest BCUT2D eigenvalue weighted by Gasteiger charge is 2.22. The van der Waals surface area contributed by atoms with Crippen LogP contribution < -0.4 is 0 Å². The largest absolute Gasteiger partial charge is 0.228 e. The van der Waals surface area contributed by atoms with Crippen molar-refractivity contribution in [1.29, 1.82) is 0 Å². The lowest BCUT2D eigenvalue weighted by Gasteiger charge is -2.24. The molecule has 0 amide bonds. The summed E-state index contributed by atoms with van der Waals surface area (Å²) >= 11 is 5.32. The molecule has 0 aromatic carbocycles. The van der Waals surface area contributed by atoms with E-state index in [9.17, 15) is 8.42 Å². The van der Waals surface area contributed by atoms with Gasteiger partial charge in [0.15, 0.2) is 0 Å². The normalized spacial score (nSPS) is 12.8. The van der Waals surface area contributed by atoms with E-state index in [1.165, 1.54) is 4.31 Å². The van der Waals surface area contributed by atoms with Gasteiger partial charge in [-0.1, -0.05) is 13.8 Å². The molecule has 0 bridgehead atoms. The topological polar surface area (TPSA) is 37.4 Å². The van der Waals surface area contributed by atoms with Gasteiger partial charge in [-0.25, -0.2) is 12.7 Å². The minimum atomic E-state index is -3.22. The van der Waals surface area contributed by atoms with Crippen molar-refractivity contribution in [3.63, 3.8) is 0 Å². The molecule has 3 nitrogen and oxygen atoms in total. The Hall–Kier alpha value is 0.200. The van der Waals surface area contributed by atoms with Gasteiger partial charge in [0.05, 0.1) is 0 Å². The second kappa shape index (κ2) is 5.04. The fourth-order valence-corrected chi connectivity index (χ4v) is 2.48. The summed E-state index contributed by atoms with van der Waals surface area (Å²) in [5.41, 5.74) is 0. The molecule has 0 spiro atoms. The summed E-state index contributed by atoms with van der Waals surface area (Å²) in [4.78, 5) is 0. The minimum Gasteiger partial charge on any atom is -0.211 e. The van der Waals surface area contributed by atoms with E-state index in [1.54, 1.807) is 7.05 Å². The van der Waals surface area contributed by atoms with Gasteiger partial charge in [-0.15, -0.1) is 11.6 Å². The Morgan fingerprint density at radius 1 is 1.33 bits per heavy atom. The van der Waals surface area contributed by atoms with E-state index in [4.69, 9.17) is 11.6 Å². The first-order chi connectivity index (χ1) is 5.49. The van der Waals surface area contributed by atoms with Gasteiger partial charge in [-0.2, -0.15) is 0 Å². The third-order valence-electron chi connectivity index (χ3n) is 2.03. The molecule has 0 N–H and O–H groups in total. The number of rotatable bonds is 5. The molecule has 0 aliphatic rings. The Kier molecular flexibility index (Phi) is 5.13. The first-order valence-electron chi connectivity index (χ1n) is 4.01. The van der Waals surface area contributed by atoms with Gasteiger partial charge < -0.3 is 0 Å². The lowest BCUT2D eigenvalue weighted by atomic mass is 10.2. The Morgan fingerprint density at radius 2 is 1.75 bits per heavy atom. The molecule has 12 heavy (non-hydrogen) atoms. The van der Waals surface area contributed by atoms with Crippen LogP contribution in [0.15, 0.2) is 0 Å². The number of nitrogens with zero attached hydrogens (tertiary/aromatic N) is 1. The highest BCUT2D eigenvalue weighted by Crippen LogP contribution is 2.11. The second-order valence-corrected chi connectivity index (χ2v) is 5.32. The zero-order valence-electron chi connectivity index (χ0n) is 7.75. The zero-order chi connectivity index (χ0) is 9.78. The standard InChI is InChI=1S/C7H16ClNO2S/c1-4-7(5-2)9(3)12(10,11)6-8/h7H,4-6H2,1-3H3. The number of alkyl halides is 1. The summed E-state index contributed by atoms with van der Waals surface area (Å²) in [6.45, 7) is 3.93. The van der Waals surface area contributed by atoms with Gasteiger partial charge in [0.25, 0.3) is 0 Å². The summed E-state index contributed by atoms with van der Waals surface area (Å²) in [7, 11) is -1.64. The van der Waals surface area contributed by atoms with Gasteiger partial charge >= 0.3 is 0 Å². The van der Waals surface area contributed by atoms with Crippen LogP contribution >= 0.6 is 11.6 Å². The summed E-state index contributed by atoms with van der Waals surface area (Å²) in [5.74, 6) is 0. The fraction of sp³-hybridized carbons (Fsp3) is 1.00. The van der Waals surface area contributed by atoms with Crippen LogP contribution in [0.3, 0.4) is 0 Å². The summed E-state index contributed by atoms with van der Waals surface area (Å²) < 4.78 is 23.9. The van der Waals surface area contributed by atoms with Crippen LogP contribution in [0.1, 0.15) is 26.7 Å². The van der Waals surface area contributed by atoms with Gasteiger partial charge in [-0.05, 0) is 12.8 Å². The number of halogens is 1. The van der Waals surface area contributed by atoms with Crippen molar-refractivity contribution in [2.24, 2.45) is 0 Å². The van der Waals surface area contributed by atoms with E-state index in [-0.39, 0.29) is 11.3 Å². The van der Waals surface area contributed by atoms with Crippen LogP contribution in [-0.4, -0.2) is 31.0 Å². The van der Waals surface area contributed by atoms with Crippen LogP contribution in [0.2, 0.25) is 0 Å². The first-order valence-corrected chi connectivity index (χ1v) is 6.15. The van der Waals surface area contributed by atoms with E-state index < -0.39 is 10.0 Å². The Balaban J connectivity index is 4.46. The van der Waals surface area contributed by atoms with Crippen molar-refractivity contribution < 1.29 is 8.42 Å². The molecule has 0 aromatic heterocycles. The maximum absolute atomic E-state index is 11.3. The van der Waals surface area contributed by atoms with Crippen molar-refractivity contribution in [2.45, 2.75) is 32.7 Å². The number of hydrogen-bond acceptors (Lipinski definition) is 2. The van der Waals surface area contributed by atoms with Crippen LogP contribution in [0, 0.1) is 0 Å². The highest BCUT2D eigenvalue weighted by atomic mass is 35.5. The third-order valence-corrected chi connectivity index (χ3v) is 4.31. The lowest BCUT2D eigenvalue weighted by molar-refractivity contribution is 0.351. The molecule has 0 heterocycles. The third kappa shape index (κ3) is 2.92. The zero-order valence-corrected chi connectivity index (χ0v) is 9.32. The van der Waals surface area contributed by atoms with Crippen LogP contribution in [0.5, 0.6) is 0 Å². The van der Waals surface area contributed by atoms with Crippen LogP contribution in [-0.2, 0) is 10.0 Å². The maximum Gasteiger partial charge on any atom is 0.228 e. The molecule has 0 saturated heterocycles. The number of sulfonamides is 1. The van der Waals surface area contributed by atoms with E-state index >= 15 is 0 Å². The van der Waals surface area contributed by atoms with Gasteiger partial charge in [-0.3, -0.25) is 0 Å². The lowest BCUT2D eigenvalue weighted by Crippen LogP contribution is -2.36. The molecule has 0 aromatic rings. The second-order valence-electron chi connectivity index (χ2n) is 2.71. The summed E-state index contributed by atoms with van der Waals surface area (Å²) in [5, 5.41) is -0.333. The van der Waals surface area contributed by atoms with Crippen molar-refractivity contribution in [2.75, 3.05) is 12.3 Å². The SMILES string of the molecule is CCC(CC)N(C)S(=O)(=O)CCl. The maximum atomic E-state index is 11.3. The molecule has 0 aliphatic carbocycles. The van der Waals surface area contributed by atoms with Crippen LogP contribution in [0.25, 0.3) is 0 Å². The fourth-order valence-electron chi connectivity index (χ4n) is 1.11. The smallest absolute Gasteiger partial charge is 0.211 e. The van der Waals surface area contributed by atoms with Crippen molar-refractivity contribution in [3.05, 3.63) is 0 Å². The average Bonchev–Trinajstić information content (AvgIpc) is 2.06. The molecular formula is C7H16ClNO2S. The first kappa shape index (κ1) is 12.2. The number of hydrogen-bond donors (Lipinski definition) is 0. The Labute approximate surface area is 79.8 Å². The summed E-state index contributed by atoms with van der Waals surface area (Å²) in [6, 6.07) is 0.0775. The molecule has 0 atom stereocenters. The average molecular weight is 214 g/mol. The van der Waals surface area contributed by atoms with Gasteiger partial charge in [0.1, 0.15) is 5.21 Å².